The van der Waals surface area contributed by atoms with Crippen molar-refractivity contribution in [1.82, 2.24) is 4.98 Å². The molecule has 0 bridgehead atoms. The number of carbonyl (C=O) groups excluding carboxylic acids is 2. The van der Waals surface area contributed by atoms with Gasteiger partial charge in [-0.25, -0.2) is 9.78 Å². The van der Waals surface area contributed by atoms with Crippen molar-refractivity contribution in [1.29, 1.82) is 0 Å². The van der Waals surface area contributed by atoms with Gasteiger partial charge in [-0.3, -0.25) is 9.59 Å². The molecule has 31 heavy (non-hydrogen) atoms. The van der Waals surface area contributed by atoms with E-state index in [1.165, 1.54) is 0 Å². The second-order valence-corrected chi connectivity index (χ2v) is 8.22. The van der Waals surface area contributed by atoms with Gasteiger partial charge in [0.25, 0.3) is 0 Å². The summed E-state index contributed by atoms with van der Waals surface area (Å²) < 4.78 is 5.16. The zero-order valence-electron chi connectivity index (χ0n) is 17.6. The van der Waals surface area contributed by atoms with Crippen LogP contribution in [0.3, 0.4) is 0 Å². The van der Waals surface area contributed by atoms with Crippen LogP contribution < -0.4 is 10.2 Å². The molecule has 1 aromatic carbocycles. The van der Waals surface area contributed by atoms with Crippen molar-refractivity contribution in [3.05, 3.63) is 29.8 Å². The van der Waals surface area contributed by atoms with Gasteiger partial charge in [0.15, 0.2) is 0 Å². The predicted molar refractivity (Wildman–Crippen MR) is 116 cm³/mol. The summed E-state index contributed by atoms with van der Waals surface area (Å²) in [7, 11) is 0. The summed E-state index contributed by atoms with van der Waals surface area (Å²) in [6, 6.07) is 6.70. The Balaban J connectivity index is 1.62. The van der Waals surface area contributed by atoms with Crippen molar-refractivity contribution in [2.45, 2.75) is 39.0 Å². The third kappa shape index (κ3) is 4.47. The fourth-order valence-electron chi connectivity index (χ4n) is 4.18. The van der Waals surface area contributed by atoms with Crippen LogP contribution in [0.15, 0.2) is 24.3 Å². The monoisotopic (exact) mass is 425 g/mol. The Labute approximate surface area is 180 Å². The number of rotatable bonds is 6. The molecular weight excluding hydrogens is 398 g/mol. The summed E-state index contributed by atoms with van der Waals surface area (Å²) in [4.78, 5) is 43.0. The lowest BCUT2D eigenvalue weighted by Gasteiger charge is -2.32. The van der Waals surface area contributed by atoms with Gasteiger partial charge in [-0.15, -0.1) is 0 Å². The van der Waals surface area contributed by atoms with Gasteiger partial charge >= 0.3 is 11.9 Å². The first-order valence-corrected chi connectivity index (χ1v) is 10.9. The summed E-state index contributed by atoms with van der Waals surface area (Å²) in [5.41, 5.74) is 1.23. The summed E-state index contributed by atoms with van der Waals surface area (Å²) in [5, 5.41) is 13.2. The highest BCUT2D eigenvalue weighted by Gasteiger charge is 2.29. The standard InChI is InChI=1S/C23H27N3O5/c1-2-31-23(30)15-7-4-10-26(13-15)20-12-18(22(28)29)17-11-16(8-9-19(17)25-20)24-21(27)14-5-3-6-14/h8-9,11-12,14-15H,2-7,10,13H2,1H3,(H,24,27)(H,28,29). The Morgan fingerprint density at radius 2 is 1.94 bits per heavy atom. The largest absolute Gasteiger partial charge is 0.478 e. The topological polar surface area (TPSA) is 109 Å². The number of amides is 1. The Morgan fingerprint density at radius 3 is 2.61 bits per heavy atom. The molecule has 1 aliphatic heterocycles. The van der Waals surface area contributed by atoms with Crippen molar-refractivity contribution in [2.75, 3.05) is 29.9 Å². The second-order valence-electron chi connectivity index (χ2n) is 8.22. The van der Waals surface area contributed by atoms with E-state index in [0.717, 1.165) is 32.1 Å². The molecular formula is C23H27N3O5. The molecule has 8 nitrogen and oxygen atoms in total. The average Bonchev–Trinajstić information content (AvgIpc) is 2.71. The number of ether oxygens (including phenoxy) is 1. The number of hydrogen-bond donors (Lipinski definition) is 2. The van der Waals surface area contributed by atoms with E-state index < -0.39 is 5.97 Å². The van der Waals surface area contributed by atoms with E-state index in [4.69, 9.17) is 4.74 Å². The number of piperidine rings is 1. The lowest BCUT2D eigenvalue weighted by atomic mass is 9.85. The molecule has 1 amide bonds. The number of anilines is 2. The van der Waals surface area contributed by atoms with Crippen LogP contribution in [0.2, 0.25) is 0 Å². The number of hydrogen-bond acceptors (Lipinski definition) is 6. The molecule has 0 spiro atoms. The molecule has 164 valence electrons. The fraction of sp³-hybridized carbons (Fsp3) is 0.478. The SMILES string of the molecule is CCOC(=O)C1CCCN(c2cc(C(=O)O)c3cc(NC(=O)C4CCC4)ccc3n2)C1. The number of carbonyl (C=O) groups is 3. The van der Waals surface area contributed by atoms with Gasteiger partial charge in [-0.1, -0.05) is 6.42 Å². The Kier molecular flexibility index (Phi) is 6.06. The van der Waals surface area contributed by atoms with Crippen LogP contribution in [0.4, 0.5) is 11.5 Å². The first-order chi connectivity index (χ1) is 15.0. The van der Waals surface area contributed by atoms with Crippen LogP contribution in [0.1, 0.15) is 49.4 Å². The van der Waals surface area contributed by atoms with Crippen LogP contribution in [0.25, 0.3) is 10.9 Å². The number of pyridine rings is 1. The van der Waals surface area contributed by atoms with E-state index in [0.29, 0.717) is 42.1 Å². The van der Waals surface area contributed by atoms with Crippen LogP contribution in [0.5, 0.6) is 0 Å². The number of esters is 1. The van der Waals surface area contributed by atoms with Gasteiger partial charge in [0.05, 0.1) is 23.6 Å². The van der Waals surface area contributed by atoms with E-state index in [9.17, 15) is 19.5 Å². The smallest absolute Gasteiger partial charge is 0.336 e. The molecule has 2 aromatic rings. The number of nitrogens with one attached hydrogen (secondary N) is 1. The van der Waals surface area contributed by atoms with E-state index >= 15 is 0 Å². The van der Waals surface area contributed by atoms with Crippen molar-refractivity contribution >= 4 is 40.3 Å². The Hall–Kier alpha value is -3.16. The van der Waals surface area contributed by atoms with E-state index in [-0.39, 0.29) is 29.3 Å². The molecule has 1 unspecified atom stereocenters. The summed E-state index contributed by atoms with van der Waals surface area (Å²) in [5.74, 6) is -0.978. The molecule has 2 N–H and O–H groups in total. The lowest BCUT2D eigenvalue weighted by molar-refractivity contribution is -0.148. The first-order valence-electron chi connectivity index (χ1n) is 10.9. The molecule has 1 saturated heterocycles. The Bertz CT molecular complexity index is 1020. The third-order valence-corrected chi connectivity index (χ3v) is 6.13. The maximum absolute atomic E-state index is 12.3. The maximum Gasteiger partial charge on any atom is 0.336 e. The average molecular weight is 425 g/mol. The number of aromatic carboxylic acids is 1. The molecule has 1 aromatic heterocycles. The number of fused-ring (bicyclic) bond motifs is 1. The zero-order valence-corrected chi connectivity index (χ0v) is 17.6. The van der Waals surface area contributed by atoms with Crippen molar-refractivity contribution < 1.29 is 24.2 Å². The molecule has 1 saturated carbocycles. The van der Waals surface area contributed by atoms with Gasteiger partial charge in [-0.05, 0) is 56.9 Å². The molecule has 2 aliphatic rings. The van der Waals surface area contributed by atoms with Crippen LogP contribution >= 0.6 is 0 Å². The molecule has 8 heteroatoms. The molecule has 0 radical (unpaired) electrons. The molecule has 4 rings (SSSR count). The summed E-state index contributed by atoms with van der Waals surface area (Å²) >= 11 is 0. The predicted octanol–water partition coefficient (Wildman–Crippen LogP) is 3.45. The van der Waals surface area contributed by atoms with Crippen LogP contribution in [0, 0.1) is 11.8 Å². The van der Waals surface area contributed by atoms with Gasteiger partial charge < -0.3 is 20.1 Å². The van der Waals surface area contributed by atoms with Crippen molar-refractivity contribution in [3.8, 4) is 0 Å². The van der Waals surface area contributed by atoms with Gasteiger partial charge in [0.2, 0.25) is 5.91 Å². The number of aromatic nitrogens is 1. The van der Waals surface area contributed by atoms with Crippen LogP contribution in [-0.4, -0.2) is 47.6 Å². The fourth-order valence-corrected chi connectivity index (χ4v) is 4.18. The minimum atomic E-state index is -1.06. The molecule has 2 heterocycles. The number of carboxylic acids is 1. The number of benzene rings is 1. The number of carboxylic acid groups (broad SMARTS) is 1. The first kappa shape index (κ1) is 21.1. The van der Waals surface area contributed by atoms with Gasteiger partial charge in [0, 0.05) is 30.1 Å². The number of nitrogens with zero attached hydrogens (tertiary/aromatic N) is 2. The van der Waals surface area contributed by atoms with E-state index in [1.54, 1.807) is 31.2 Å². The summed E-state index contributed by atoms with van der Waals surface area (Å²) in [6.07, 6.45) is 4.41. The quantitative estimate of drug-likeness (QED) is 0.682. The van der Waals surface area contributed by atoms with Crippen LogP contribution in [-0.2, 0) is 14.3 Å². The summed E-state index contributed by atoms with van der Waals surface area (Å²) in [6.45, 7) is 3.27. The highest BCUT2D eigenvalue weighted by Crippen LogP contribution is 2.31. The van der Waals surface area contributed by atoms with Crippen molar-refractivity contribution in [2.24, 2.45) is 11.8 Å². The minimum Gasteiger partial charge on any atom is -0.478 e. The zero-order chi connectivity index (χ0) is 22.0. The second kappa shape index (κ2) is 8.91. The van der Waals surface area contributed by atoms with Crippen molar-refractivity contribution in [3.63, 3.8) is 0 Å². The maximum atomic E-state index is 12.3. The molecule has 1 aliphatic carbocycles. The van der Waals surface area contributed by atoms with Gasteiger partial charge in [0.1, 0.15) is 5.82 Å². The normalized spacial score (nSPS) is 19.0. The molecule has 2 fully saturated rings. The lowest BCUT2D eigenvalue weighted by Crippen LogP contribution is -2.40. The highest BCUT2D eigenvalue weighted by molar-refractivity contribution is 6.05. The van der Waals surface area contributed by atoms with E-state index in [1.807, 2.05) is 4.90 Å². The molecule has 1 atom stereocenters. The highest BCUT2D eigenvalue weighted by atomic mass is 16.5. The Morgan fingerprint density at radius 1 is 1.16 bits per heavy atom. The third-order valence-electron chi connectivity index (χ3n) is 6.13. The minimum absolute atomic E-state index is 0.0228. The van der Waals surface area contributed by atoms with Gasteiger partial charge in [-0.2, -0.15) is 0 Å². The van der Waals surface area contributed by atoms with E-state index in [2.05, 4.69) is 10.3 Å².